The fraction of sp³-hybridized carbons (Fsp3) is 0.818. The molecular formula is C11H19N3O3. The molecule has 0 aromatic carbocycles. The molecule has 2 amide bonds. The number of carbonyl (C=O) groups excluding carboxylic acids is 2. The van der Waals surface area contributed by atoms with E-state index in [1.165, 1.54) is 0 Å². The number of nitrogens with one attached hydrogen (secondary N) is 3. The lowest BCUT2D eigenvalue weighted by Crippen LogP contribution is -2.46. The minimum Gasteiger partial charge on any atom is -0.381 e. The monoisotopic (exact) mass is 241 g/mol. The van der Waals surface area contributed by atoms with Crippen molar-refractivity contribution in [3.63, 3.8) is 0 Å². The average Bonchev–Trinajstić information content (AvgIpc) is 3.02. The first-order valence-electron chi connectivity index (χ1n) is 6.14. The fourth-order valence-corrected chi connectivity index (χ4v) is 2.14. The lowest BCUT2D eigenvalue weighted by Gasteiger charge is -2.13. The van der Waals surface area contributed by atoms with Crippen molar-refractivity contribution in [3.8, 4) is 0 Å². The maximum Gasteiger partial charge on any atom is 0.238 e. The number of amides is 2. The molecule has 0 spiro atoms. The summed E-state index contributed by atoms with van der Waals surface area (Å²) in [5.41, 5.74) is 0. The molecule has 0 saturated carbocycles. The smallest absolute Gasteiger partial charge is 0.238 e. The van der Waals surface area contributed by atoms with Gasteiger partial charge in [-0.25, -0.2) is 0 Å². The number of ether oxygens (including phenoxy) is 1. The summed E-state index contributed by atoms with van der Waals surface area (Å²) in [6.07, 6.45) is 2.67. The van der Waals surface area contributed by atoms with Gasteiger partial charge in [-0.05, 0) is 25.8 Å². The fourth-order valence-electron chi connectivity index (χ4n) is 2.14. The lowest BCUT2D eigenvalue weighted by atomic mass is 10.1. The summed E-state index contributed by atoms with van der Waals surface area (Å²) < 4.78 is 5.13. The Balaban J connectivity index is 1.61. The maximum atomic E-state index is 11.6. The van der Waals surface area contributed by atoms with Crippen LogP contribution < -0.4 is 16.0 Å². The molecule has 3 N–H and O–H groups in total. The van der Waals surface area contributed by atoms with Crippen molar-refractivity contribution in [3.05, 3.63) is 0 Å². The molecule has 6 heteroatoms. The van der Waals surface area contributed by atoms with Crippen LogP contribution >= 0.6 is 0 Å². The summed E-state index contributed by atoms with van der Waals surface area (Å²) >= 11 is 0. The van der Waals surface area contributed by atoms with Crippen LogP contribution in [0.15, 0.2) is 0 Å². The van der Waals surface area contributed by atoms with E-state index < -0.39 is 0 Å². The van der Waals surface area contributed by atoms with Crippen molar-refractivity contribution < 1.29 is 14.3 Å². The minimum atomic E-state index is -0.0956. The molecule has 6 nitrogen and oxygen atoms in total. The van der Waals surface area contributed by atoms with Crippen LogP contribution in [-0.4, -0.2) is 44.3 Å². The van der Waals surface area contributed by atoms with Gasteiger partial charge in [-0.3, -0.25) is 9.59 Å². The summed E-state index contributed by atoms with van der Waals surface area (Å²) in [5.74, 6) is -0.135. The van der Waals surface area contributed by atoms with Gasteiger partial charge in [-0.15, -0.1) is 0 Å². The van der Waals surface area contributed by atoms with Gasteiger partial charge in [0.25, 0.3) is 0 Å². The molecule has 2 fully saturated rings. The van der Waals surface area contributed by atoms with Crippen LogP contribution in [0.1, 0.15) is 19.3 Å². The molecule has 0 aliphatic carbocycles. The third-order valence-corrected chi connectivity index (χ3v) is 3.20. The van der Waals surface area contributed by atoms with Gasteiger partial charge in [0.05, 0.1) is 25.2 Å². The molecule has 17 heavy (non-hydrogen) atoms. The average molecular weight is 241 g/mol. The van der Waals surface area contributed by atoms with E-state index in [1.807, 2.05) is 0 Å². The van der Waals surface area contributed by atoms with E-state index in [0.717, 1.165) is 25.8 Å². The SMILES string of the molecule is O=C(NCNC(=O)[C@@H]1CCCN1)C1CCOC1. The van der Waals surface area contributed by atoms with E-state index in [0.29, 0.717) is 13.2 Å². The highest BCUT2D eigenvalue weighted by Crippen LogP contribution is 2.11. The van der Waals surface area contributed by atoms with E-state index in [1.54, 1.807) is 0 Å². The Labute approximate surface area is 100 Å². The Hall–Kier alpha value is -1.14. The number of hydrogen-bond acceptors (Lipinski definition) is 4. The molecule has 96 valence electrons. The van der Waals surface area contributed by atoms with Crippen molar-refractivity contribution in [2.45, 2.75) is 25.3 Å². The molecular weight excluding hydrogens is 222 g/mol. The molecule has 2 rings (SSSR count). The van der Waals surface area contributed by atoms with Crippen molar-refractivity contribution in [2.24, 2.45) is 5.92 Å². The van der Waals surface area contributed by atoms with Crippen molar-refractivity contribution in [2.75, 3.05) is 26.4 Å². The lowest BCUT2D eigenvalue weighted by molar-refractivity contribution is -0.126. The van der Waals surface area contributed by atoms with Gasteiger partial charge < -0.3 is 20.7 Å². The summed E-state index contributed by atoms with van der Waals surface area (Å²) in [6.45, 7) is 2.23. The zero-order valence-electron chi connectivity index (χ0n) is 9.83. The Bertz CT molecular complexity index is 256. The van der Waals surface area contributed by atoms with Crippen LogP contribution in [0.3, 0.4) is 0 Å². The van der Waals surface area contributed by atoms with Gasteiger partial charge in [-0.2, -0.15) is 0 Å². The molecule has 0 aromatic rings. The largest absolute Gasteiger partial charge is 0.381 e. The normalized spacial score (nSPS) is 28.0. The third-order valence-electron chi connectivity index (χ3n) is 3.20. The predicted octanol–water partition coefficient (Wildman–Crippen LogP) is -1.04. The Morgan fingerprint density at radius 1 is 1.24 bits per heavy atom. The third kappa shape index (κ3) is 3.41. The molecule has 0 bridgehead atoms. The van der Waals surface area contributed by atoms with Crippen molar-refractivity contribution in [1.82, 2.24) is 16.0 Å². The predicted molar refractivity (Wildman–Crippen MR) is 61.1 cm³/mol. The van der Waals surface area contributed by atoms with E-state index in [9.17, 15) is 9.59 Å². The summed E-state index contributed by atoms with van der Waals surface area (Å²) in [7, 11) is 0. The standard InChI is InChI=1S/C11H19N3O3/c15-10(8-3-5-17-6-8)13-7-14-11(16)9-2-1-4-12-9/h8-9,12H,1-7H2,(H,13,15)(H,14,16)/t8?,9-/m0/s1. The second-order valence-corrected chi connectivity index (χ2v) is 4.47. The highest BCUT2D eigenvalue weighted by atomic mass is 16.5. The van der Waals surface area contributed by atoms with E-state index in [2.05, 4.69) is 16.0 Å². The molecule has 0 radical (unpaired) electrons. The maximum absolute atomic E-state index is 11.6. The molecule has 0 aromatic heterocycles. The molecule has 1 unspecified atom stereocenters. The Kier molecular flexibility index (Phi) is 4.33. The van der Waals surface area contributed by atoms with Crippen molar-refractivity contribution in [1.29, 1.82) is 0 Å². The van der Waals surface area contributed by atoms with Crippen LogP contribution in [0.5, 0.6) is 0 Å². The first kappa shape index (κ1) is 12.3. The second-order valence-electron chi connectivity index (χ2n) is 4.47. The second kappa shape index (κ2) is 5.97. The quantitative estimate of drug-likeness (QED) is 0.550. The molecule has 2 aliphatic rings. The van der Waals surface area contributed by atoms with E-state index in [4.69, 9.17) is 4.74 Å². The number of rotatable bonds is 4. The van der Waals surface area contributed by atoms with Gasteiger partial charge in [0.1, 0.15) is 0 Å². The van der Waals surface area contributed by atoms with Gasteiger partial charge >= 0.3 is 0 Å². The van der Waals surface area contributed by atoms with Gasteiger partial charge in [0, 0.05) is 6.61 Å². The molecule has 2 saturated heterocycles. The Morgan fingerprint density at radius 3 is 2.71 bits per heavy atom. The minimum absolute atomic E-state index is 0.0366. The highest BCUT2D eigenvalue weighted by Gasteiger charge is 2.24. The van der Waals surface area contributed by atoms with Crippen LogP contribution in [-0.2, 0) is 14.3 Å². The molecule has 2 aliphatic heterocycles. The number of carbonyl (C=O) groups is 2. The zero-order chi connectivity index (χ0) is 12.1. The van der Waals surface area contributed by atoms with Gasteiger partial charge in [-0.1, -0.05) is 0 Å². The van der Waals surface area contributed by atoms with Gasteiger partial charge in [0.2, 0.25) is 11.8 Å². The summed E-state index contributed by atoms with van der Waals surface area (Å²) in [6, 6.07) is -0.0956. The number of hydrogen-bond donors (Lipinski definition) is 3. The zero-order valence-corrected chi connectivity index (χ0v) is 9.83. The summed E-state index contributed by atoms with van der Waals surface area (Å²) in [5, 5.41) is 8.51. The van der Waals surface area contributed by atoms with Crippen LogP contribution in [0, 0.1) is 5.92 Å². The van der Waals surface area contributed by atoms with E-state index >= 15 is 0 Å². The molecule has 2 atom stereocenters. The summed E-state index contributed by atoms with van der Waals surface area (Å²) in [4.78, 5) is 23.2. The van der Waals surface area contributed by atoms with Crippen LogP contribution in [0.2, 0.25) is 0 Å². The Morgan fingerprint density at radius 2 is 2.06 bits per heavy atom. The first-order chi connectivity index (χ1) is 8.27. The molecule has 2 heterocycles. The first-order valence-corrected chi connectivity index (χ1v) is 6.14. The van der Waals surface area contributed by atoms with E-state index in [-0.39, 0.29) is 30.4 Å². The van der Waals surface area contributed by atoms with Crippen LogP contribution in [0.4, 0.5) is 0 Å². The van der Waals surface area contributed by atoms with Crippen molar-refractivity contribution >= 4 is 11.8 Å². The highest BCUT2D eigenvalue weighted by molar-refractivity contribution is 5.83. The topological polar surface area (TPSA) is 79.5 Å². The van der Waals surface area contributed by atoms with Gasteiger partial charge in [0.15, 0.2) is 0 Å². The van der Waals surface area contributed by atoms with Crippen LogP contribution in [0.25, 0.3) is 0 Å².